The summed E-state index contributed by atoms with van der Waals surface area (Å²) in [5.74, 6) is 0.182. The zero-order chi connectivity index (χ0) is 9.42. The normalized spacial score (nSPS) is 14.9. The Labute approximate surface area is 78.2 Å². The van der Waals surface area contributed by atoms with Crippen molar-refractivity contribution in [3.63, 3.8) is 0 Å². The maximum Gasteiger partial charge on any atom is 0.254 e. The molecule has 0 saturated heterocycles. The van der Waals surface area contributed by atoms with E-state index < -0.39 is 0 Å². The summed E-state index contributed by atoms with van der Waals surface area (Å²) in [6.45, 7) is 5.66. The summed E-state index contributed by atoms with van der Waals surface area (Å²) >= 11 is 0. The highest BCUT2D eigenvalue weighted by molar-refractivity contribution is 5.98. The summed E-state index contributed by atoms with van der Waals surface area (Å²) in [5, 5.41) is 0. The van der Waals surface area contributed by atoms with Crippen molar-refractivity contribution >= 4 is 5.91 Å². The second-order valence-corrected chi connectivity index (χ2v) is 3.42. The fraction of sp³-hybridized carbons (Fsp3) is 0.364. The Morgan fingerprint density at radius 1 is 1.46 bits per heavy atom. The van der Waals surface area contributed by atoms with Gasteiger partial charge in [-0.05, 0) is 31.0 Å². The van der Waals surface area contributed by atoms with Gasteiger partial charge in [0.2, 0.25) is 0 Å². The number of carbonyl (C=O) groups is 1. The molecule has 13 heavy (non-hydrogen) atoms. The largest absolute Gasteiger partial charge is 0.335 e. The number of carbonyl (C=O) groups excluding carboxylic acids is 1. The fourth-order valence-corrected chi connectivity index (χ4v) is 1.80. The summed E-state index contributed by atoms with van der Waals surface area (Å²) in [6, 6.07) is 5.93. The lowest BCUT2D eigenvalue weighted by molar-refractivity contribution is 0.0787. The Morgan fingerprint density at radius 2 is 2.23 bits per heavy atom. The van der Waals surface area contributed by atoms with Gasteiger partial charge in [-0.1, -0.05) is 12.1 Å². The number of hydrogen-bond acceptors (Lipinski definition) is 1. The minimum Gasteiger partial charge on any atom is -0.335 e. The molecule has 0 aliphatic carbocycles. The second-order valence-electron chi connectivity index (χ2n) is 3.42. The van der Waals surface area contributed by atoms with Crippen molar-refractivity contribution in [1.82, 2.24) is 4.90 Å². The third-order valence-corrected chi connectivity index (χ3v) is 2.66. The van der Waals surface area contributed by atoms with Gasteiger partial charge in [0.1, 0.15) is 0 Å². The fourth-order valence-electron chi connectivity index (χ4n) is 1.80. The molecule has 1 aliphatic heterocycles. The highest BCUT2D eigenvalue weighted by Gasteiger charge is 2.26. The lowest BCUT2D eigenvalue weighted by Crippen LogP contribution is -2.22. The topological polar surface area (TPSA) is 20.3 Å². The molecule has 0 bridgehead atoms. The van der Waals surface area contributed by atoms with E-state index in [0.29, 0.717) is 0 Å². The maximum atomic E-state index is 11.7. The third-order valence-electron chi connectivity index (χ3n) is 2.66. The number of amides is 1. The van der Waals surface area contributed by atoms with E-state index in [-0.39, 0.29) is 5.91 Å². The van der Waals surface area contributed by atoms with E-state index in [1.165, 1.54) is 11.1 Å². The summed E-state index contributed by atoms with van der Waals surface area (Å²) < 4.78 is 0. The SMILES string of the molecule is CCN1Cc2c(C)cccc2C1=O. The summed E-state index contributed by atoms with van der Waals surface area (Å²) in [6.07, 6.45) is 0. The molecule has 1 amide bonds. The summed E-state index contributed by atoms with van der Waals surface area (Å²) in [5.41, 5.74) is 3.32. The van der Waals surface area contributed by atoms with E-state index in [4.69, 9.17) is 0 Å². The van der Waals surface area contributed by atoms with Crippen molar-refractivity contribution in [3.8, 4) is 0 Å². The van der Waals surface area contributed by atoms with Crippen LogP contribution in [0.2, 0.25) is 0 Å². The van der Waals surface area contributed by atoms with Gasteiger partial charge in [0.05, 0.1) is 0 Å². The first-order valence-corrected chi connectivity index (χ1v) is 4.61. The van der Waals surface area contributed by atoms with Crippen molar-refractivity contribution in [2.24, 2.45) is 0 Å². The summed E-state index contributed by atoms with van der Waals surface area (Å²) in [4.78, 5) is 13.6. The van der Waals surface area contributed by atoms with Crippen molar-refractivity contribution < 1.29 is 4.79 Å². The van der Waals surface area contributed by atoms with Crippen LogP contribution in [0.25, 0.3) is 0 Å². The maximum absolute atomic E-state index is 11.7. The number of rotatable bonds is 1. The predicted octanol–water partition coefficient (Wildman–Crippen LogP) is 1.97. The zero-order valence-electron chi connectivity index (χ0n) is 8.00. The third kappa shape index (κ3) is 1.13. The predicted molar refractivity (Wildman–Crippen MR) is 51.6 cm³/mol. The average Bonchev–Trinajstić information content (AvgIpc) is 2.45. The van der Waals surface area contributed by atoms with Crippen molar-refractivity contribution in [2.75, 3.05) is 6.54 Å². The first kappa shape index (κ1) is 8.30. The first-order valence-electron chi connectivity index (χ1n) is 4.61. The molecule has 0 unspecified atom stereocenters. The monoisotopic (exact) mass is 175 g/mol. The van der Waals surface area contributed by atoms with Gasteiger partial charge in [-0.25, -0.2) is 0 Å². The van der Waals surface area contributed by atoms with Crippen molar-refractivity contribution in [1.29, 1.82) is 0 Å². The molecule has 1 heterocycles. The molecule has 1 aromatic rings. The lowest BCUT2D eigenvalue weighted by Gasteiger charge is -2.11. The molecule has 0 radical (unpaired) electrons. The van der Waals surface area contributed by atoms with E-state index in [2.05, 4.69) is 13.0 Å². The quantitative estimate of drug-likeness (QED) is 0.639. The molecule has 0 fully saturated rings. The van der Waals surface area contributed by atoms with Gasteiger partial charge < -0.3 is 4.90 Å². The number of benzene rings is 1. The van der Waals surface area contributed by atoms with Crippen LogP contribution in [0, 0.1) is 6.92 Å². The van der Waals surface area contributed by atoms with Crippen LogP contribution in [0.4, 0.5) is 0 Å². The number of nitrogens with zero attached hydrogens (tertiary/aromatic N) is 1. The van der Waals surface area contributed by atoms with Crippen LogP contribution >= 0.6 is 0 Å². The molecule has 2 nitrogen and oxygen atoms in total. The Hall–Kier alpha value is -1.31. The smallest absolute Gasteiger partial charge is 0.254 e. The number of fused-ring (bicyclic) bond motifs is 1. The highest BCUT2D eigenvalue weighted by Crippen LogP contribution is 2.24. The Bertz CT molecular complexity index is 357. The molecule has 2 heteroatoms. The van der Waals surface area contributed by atoms with Gasteiger partial charge in [-0.2, -0.15) is 0 Å². The Balaban J connectivity index is 2.49. The van der Waals surface area contributed by atoms with Crippen LogP contribution in [0.3, 0.4) is 0 Å². The molecule has 0 saturated carbocycles. The van der Waals surface area contributed by atoms with Crippen molar-refractivity contribution in [2.45, 2.75) is 20.4 Å². The van der Waals surface area contributed by atoms with Gasteiger partial charge in [0, 0.05) is 18.7 Å². The van der Waals surface area contributed by atoms with Crippen LogP contribution in [-0.4, -0.2) is 17.4 Å². The summed E-state index contributed by atoms with van der Waals surface area (Å²) in [7, 11) is 0. The van der Waals surface area contributed by atoms with E-state index in [0.717, 1.165) is 18.7 Å². The zero-order valence-corrected chi connectivity index (χ0v) is 8.00. The van der Waals surface area contributed by atoms with Crippen LogP contribution < -0.4 is 0 Å². The van der Waals surface area contributed by atoms with E-state index in [9.17, 15) is 4.79 Å². The molecule has 68 valence electrons. The van der Waals surface area contributed by atoms with Gasteiger partial charge in [0.15, 0.2) is 0 Å². The first-order chi connectivity index (χ1) is 6.24. The Morgan fingerprint density at radius 3 is 2.85 bits per heavy atom. The van der Waals surface area contributed by atoms with Gasteiger partial charge in [-0.15, -0.1) is 0 Å². The number of aryl methyl sites for hydroxylation is 1. The van der Waals surface area contributed by atoms with Gasteiger partial charge in [0.25, 0.3) is 5.91 Å². The van der Waals surface area contributed by atoms with Crippen LogP contribution in [0.15, 0.2) is 18.2 Å². The molecule has 2 rings (SSSR count). The Kier molecular flexibility index (Phi) is 1.83. The highest BCUT2D eigenvalue weighted by atomic mass is 16.2. The van der Waals surface area contributed by atoms with E-state index in [1.807, 2.05) is 24.0 Å². The van der Waals surface area contributed by atoms with Crippen molar-refractivity contribution in [3.05, 3.63) is 34.9 Å². The molecular formula is C11H13NO. The minimum atomic E-state index is 0.182. The molecule has 1 aliphatic rings. The van der Waals surface area contributed by atoms with Crippen LogP contribution in [0.1, 0.15) is 28.4 Å². The average molecular weight is 175 g/mol. The molecule has 0 N–H and O–H groups in total. The van der Waals surface area contributed by atoms with Crippen LogP contribution in [0.5, 0.6) is 0 Å². The molecule has 0 aromatic heterocycles. The number of hydrogen-bond donors (Lipinski definition) is 0. The van der Waals surface area contributed by atoms with E-state index in [1.54, 1.807) is 0 Å². The van der Waals surface area contributed by atoms with Gasteiger partial charge in [-0.3, -0.25) is 4.79 Å². The second kappa shape index (κ2) is 2.87. The van der Waals surface area contributed by atoms with Crippen LogP contribution in [-0.2, 0) is 6.54 Å². The standard InChI is InChI=1S/C11H13NO/c1-3-12-7-10-8(2)5-4-6-9(10)11(12)13/h4-6H,3,7H2,1-2H3. The van der Waals surface area contributed by atoms with E-state index >= 15 is 0 Å². The molecular weight excluding hydrogens is 162 g/mol. The molecule has 0 atom stereocenters. The lowest BCUT2D eigenvalue weighted by atomic mass is 10.1. The van der Waals surface area contributed by atoms with Gasteiger partial charge >= 0.3 is 0 Å². The molecule has 1 aromatic carbocycles. The minimum absolute atomic E-state index is 0.182. The molecule has 0 spiro atoms.